The van der Waals surface area contributed by atoms with Crippen LogP contribution in [-0.4, -0.2) is 38.6 Å². The number of likely N-dealkylation sites (tertiary alicyclic amines) is 1. The predicted octanol–water partition coefficient (Wildman–Crippen LogP) is 1.67. The Balaban J connectivity index is 1.90. The summed E-state index contributed by atoms with van der Waals surface area (Å²) < 4.78 is 1.74. The monoisotopic (exact) mass is 272 g/mol. The lowest BCUT2D eigenvalue weighted by Gasteiger charge is -2.35. The van der Waals surface area contributed by atoms with Crippen molar-refractivity contribution in [3.05, 3.63) is 35.1 Å². The Morgan fingerprint density at radius 1 is 1.40 bits per heavy atom. The second-order valence-corrected chi connectivity index (χ2v) is 5.37. The van der Waals surface area contributed by atoms with E-state index in [-0.39, 0.29) is 5.56 Å². The number of likely N-dealkylation sites (N-methyl/N-ethyl adjacent to an activating group) is 1. The number of rotatable bonds is 3. The zero-order valence-corrected chi connectivity index (χ0v) is 11.8. The predicted molar refractivity (Wildman–Crippen MR) is 78.7 cm³/mol. The van der Waals surface area contributed by atoms with Crippen LogP contribution >= 0.6 is 0 Å². The smallest absolute Gasteiger partial charge is 0.262 e. The van der Waals surface area contributed by atoms with Crippen LogP contribution in [0.2, 0.25) is 0 Å². The Morgan fingerprint density at radius 2 is 2.30 bits per heavy atom. The number of hydrogen-bond acceptors (Lipinski definition) is 4. The van der Waals surface area contributed by atoms with Gasteiger partial charge in [-0.3, -0.25) is 19.2 Å². The average molecular weight is 272 g/mol. The maximum Gasteiger partial charge on any atom is 0.262 e. The van der Waals surface area contributed by atoms with Crippen molar-refractivity contribution in [2.45, 2.75) is 38.8 Å². The molecular weight excluding hydrogens is 252 g/mol. The first-order chi connectivity index (χ1) is 9.79. The molecule has 5 heteroatoms. The summed E-state index contributed by atoms with van der Waals surface area (Å²) in [5, 5.41) is 0.605. The molecule has 0 amide bonds. The van der Waals surface area contributed by atoms with Crippen LogP contribution in [0.15, 0.2) is 29.6 Å². The highest BCUT2D eigenvalue weighted by Crippen LogP contribution is 2.17. The summed E-state index contributed by atoms with van der Waals surface area (Å²) in [5.74, 6) is 0. The van der Waals surface area contributed by atoms with Crippen molar-refractivity contribution in [3.63, 3.8) is 0 Å². The van der Waals surface area contributed by atoms with E-state index in [1.54, 1.807) is 29.4 Å². The van der Waals surface area contributed by atoms with Gasteiger partial charge in [-0.25, -0.2) is 4.98 Å². The van der Waals surface area contributed by atoms with E-state index in [4.69, 9.17) is 0 Å². The molecular formula is C15H20N4O. The van der Waals surface area contributed by atoms with Crippen LogP contribution < -0.4 is 5.56 Å². The molecule has 1 saturated heterocycles. The number of aromatic nitrogens is 3. The first-order valence-corrected chi connectivity index (χ1v) is 7.33. The Morgan fingerprint density at radius 3 is 3.15 bits per heavy atom. The minimum Gasteiger partial charge on any atom is -0.299 e. The molecule has 1 fully saturated rings. The molecule has 1 atom stereocenters. The van der Waals surface area contributed by atoms with Gasteiger partial charge in [0.2, 0.25) is 0 Å². The molecule has 106 valence electrons. The van der Waals surface area contributed by atoms with Crippen molar-refractivity contribution >= 4 is 10.9 Å². The second kappa shape index (κ2) is 5.71. The molecule has 3 rings (SSSR count). The minimum absolute atomic E-state index is 0.0183. The van der Waals surface area contributed by atoms with E-state index in [0.29, 0.717) is 11.4 Å². The fraction of sp³-hybridized carbons (Fsp3) is 0.533. The number of piperidine rings is 1. The molecule has 1 unspecified atom stereocenters. The Bertz CT molecular complexity index is 652. The van der Waals surface area contributed by atoms with Gasteiger partial charge in [-0.2, -0.15) is 0 Å². The Labute approximate surface area is 118 Å². The largest absolute Gasteiger partial charge is 0.299 e. The van der Waals surface area contributed by atoms with Crippen molar-refractivity contribution in [1.29, 1.82) is 0 Å². The Hall–Kier alpha value is -1.75. The van der Waals surface area contributed by atoms with Crippen LogP contribution in [0.1, 0.15) is 26.2 Å². The van der Waals surface area contributed by atoms with E-state index in [1.807, 2.05) is 0 Å². The summed E-state index contributed by atoms with van der Waals surface area (Å²) >= 11 is 0. The van der Waals surface area contributed by atoms with Crippen molar-refractivity contribution in [1.82, 2.24) is 19.4 Å². The van der Waals surface area contributed by atoms with E-state index >= 15 is 0 Å². The number of hydrogen-bond donors (Lipinski definition) is 0. The highest BCUT2D eigenvalue weighted by atomic mass is 16.1. The topological polar surface area (TPSA) is 51.0 Å². The van der Waals surface area contributed by atoms with Crippen molar-refractivity contribution in [3.8, 4) is 0 Å². The van der Waals surface area contributed by atoms with Crippen LogP contribution in [0.3, 0.4) is 0 Å². The molecule has 0 aromatic carbocycles. The molecule has 5 nitrogen and oxygen atoms in total. The number of nitrogens with zero attached hydrogens (tertiary/aromatic N) is 4. The lowest BCUT2D eigenvalue weighted by molar-refractivity contribution is 0.139. The first-order valence-electron chi connectivity index (χ1n) is 7.33. The van der Waals surface area contributed by atoms with Crippen molar-refractivity contribution < 1.29 is 0 Å². The highest BCUT2D eigenvalue weighted by Gasteiger charge is 2.21. The summed E-state index contributed by atoms with van der Waals surface area (Å²) in [4.78, 5) is 23.3. The van der Waals surface area contributed by atoms with Crippen LogP contribution in [0.25, 0.3) is 10.9 Å². The van der Waals surface area contributed by atoms with Crippen molar-refractivity contribution in [2.75, 3.05) is 13.1 Å². The molecule has 0 saturated carbocycles. The third-order valence-corrected chi connectivity index (χ3v) is 4.19. The van der Waals surface area contributed by atoms with Gasteiger partial charge in [0.15, 0.2) is 0 Å². The molecule has 0 radical (unpaired) electrons. The summed E-state index contributed by atoms with van der Waals surface area (Å²) in [6.07, 6.45) is 8.62. The maximum absolute atomic E-state index is 12.5. The number of pyridine rings is 1. The third kappa shape index (κ3) is 2.45. The SMILES string of the molecule is CCN1CCCCC1Cn1cnc2ccncc2c1=O. The molecule has 0 aliphatic carbocycles. The van der Waals surface area contributed by atoms with Crippen LogP contribution in [0, 0.1) is 0 Å². The van der Waals surface area contributed by atoms with E-state index in [2.05, 4.69) is 21.8 Å². The van der Waals surface area contributed by atoms with E-state index in [9.17, 15) is 4.79 Å². The lowest BCUT2D eigenvalue weighted by Crippen LogP contribution is -2.43. The summed E-state index contributed by atoms with van der Waals surface area (Å²) in [6.45, 7) is 5.09. The zero-order chi connectivity index (χ0) is 13.9. The molecule has 3 heterocycles. The van der Waals surface area contributed by atoms with Gasteiger partial charge in [-0.1, -0.05) is 13.3 Å². The first kappa shape index (κ1) is 13.2. The van der Waals surface area contributed by atoms with Crippen molar-refractivity contribution in [2.24, 2.45) is 0 Å². The van der Waals surface area contributed by atoms with Gasteiger partial charge in [0.1, 0.15) is 0 Å². The fourth-order valence-electron chi connectivity index (χ4n) is 3.04. The van der Waals surface area contributed by atoms with Gasteiger partial charge in [-0.05, 0) is 32.0 Å². The van der Waals surface area contributed by atoms with Gasteiger partial charge in [0.05, 0.1) is 17.2 Å². The van der Waals surface area contributed by atoms with E-state index < -0.39 is 0 Å². The summed E-state index contributed by atoms with van der Waals surface area (Å²) in [7, 11) is 0. The second-order valence-electron chi connectivity index (χ2n) is 5.37. The summed E-state index contributed by atoms with van der Waals surface area (Å²) in [5.41, 5.74) is 0.738. The standard InChI is InChI=1S/C15H20N4O/c1-2-18-8-4-3-5-12(18)10-19-11-17-14-6-7-16-9-13(14)15(19)20/h6-7,9,11-12H,2-5,8,10H2,1H3. The van der Waals surface area contributed by atoms with Crippen LogP contribution in [0.5, 0.6) is 0 Å². The third-order valence-electron chi connectivity index (χ3n) is 4.19. The lowest BCUT2D eigenvalue weighted by atomic mass is 10.0. The quantitative estimate of drug-likeness (QED) is 0.853. The van der Waals surface area contributed by atoms with Crippen LogP contribution in [-0.2, 0) is 6.54 Å². The minimum atomic E-state index is 0.0183. The van der Waals surface area contributed by atoms with Gasteiger partial charge >= 0.3 is 0 Å². The molecule has 1 aliphatic rings. The van der Waals surface area contributed by atoms with E-state index in [0.717, 1.165) is 31.6 Å². The molecule has 20 heavy (non-hydrogen) atoms. The normalized spacial score (nSPS) is 20.4. The highest BCUT2D eigenvalue weighted by molar-refractivity contribution is 5.75. The van der Waals surface area contributed by atoms with Gasteiger partial charge in [0, 0.05) is 25.0 Å². The van der Waals surface area contributed by atoms with E-state index in [1.165, 1.54) is 12.8 Å². The molecule has 0 spiro atoms. The zero-order valence-electron chi connectivity index (χ0n) is 11.8. The molecule has 1 aliphatic heterocycles. The molecule has 0 N–H and O–H groups in total. The van der Waals surface area contributed by atoms with Gasteiger partial charge in [-0.15, -0.1) is 0 Å². The average Bonchev–Trinajstić information content (AvgIpc) is 2.51. The summed E-state index contributed by atoms with van der Waals surface area (Å²) in [6, 6.07) is 2.22. The maximum atomic E-state index is 12.5. The van der Waals surface area contributed by atoms with Crippen LogP contribution in [0.4, 0.5) is 0 Å². The van der Waals surface area contributed by atoms with Gasteiger partial charge < -0.3 is 0 Å². The molecule has 0 bridgehead atoms. The Kier molecular flexibility index (Phi) is 3.78. The molecule has 2 aromatic rings. The fourth-order valence-corrected chi connectivity index (χ4v) is 3.04. The molecule has 2 aromatic heterocycles. The number of fused-ring (bicyclic) bond motifs is 1. The van der Waals surface area contributed by atoms with Gasteiger partial charge in [0.25, 0.3) is 5.56 Å².